The second-order valence-electron chi connectivity index (χ2n) is 3.81. The van der Waals surface area contributed by atoms with E-state index in [1.54, 1.807) is 20.8 Å². The van der Waals surface area contributed by atoms with E-state index in [1.807, 2.05) is 0 Å². The number of halogens is 3. The van der Waals surface area contributed by atoms with E-state index in [0.717, 1.165) is 0 Å². The largest absolute Gasteiger partial charge is 0.415 e. The summed E-state index contributed by atoms with van der Waals surface area (Å²) in [7, 11) is 0. The molecule has 0 amide bonds. The fourth-order valence-electron chi connectivity index (χ4n) is 0.529. The van der Waals surface area contributed by atoms with Crippen molar-refractivity contribution in [2.24, 2.45) is 5.41 Å². The highest BCUT2D eigenvalue weighted by Crippen LogP contribution is 2.22. The van der Waals surface area contributed by atoms with Crippen LogP contribution >= 0.6 is 0 Å². The van der Waals surface area contributed by atoms with Crippen LogP contribution in [0.15, 0.2) is 0 Å². The molecule has 0 aromatic carbocycles. The van der Waals surface area contributed by atoms with Gasteiger partial charge in [0.15, 0.2) is 6.10 Å². The predicted molar refractivity (Wildman–Crippen MR) is 43.9 cm³/mol. The van der Waals surface area contributed by atoms with Crippen molar-refractivity contribution in [2.45, 2.75) is 39.5 Å². The molecular weight excluding hydrogens is 181 g/mol. The number of hydrogen-bond donors (Lipinski definition) is 1. The van der Waals surface area contributed by atoms with Crippen molar-refractivity contribution in [3.63, 3.8) is 0 Å². The highest BCUT2D eigenvalue weighted by atomic mass is 19.4. The minimum absolute atomic E-state index is 0.328. The molecule has 0 saturated carbocycles. The van der Waals surface area contributed by atoms with Gasteiger partial charge < -0.3 is 5.11 Å². The smallest absolute Gasteiger partial charge is 0.383 e. The van der Waals surface area contributed by atoms with Crippen molar-refractivity contribution in [2.75, 3.05) is 0 Å². The van der Waals surface area contributed by atoms with Gasteiger partial charge in [0.2, 0.25) is 0 Å². The first-order valence-electron chi connectivity index (χ1n) is 3.88. The molecule has 1 N–H and O–H groups in total. The SMILES string of the molecule is CC(C)(C)C#CC[C@@H](O)C(F)(F)F. The maximum absolute atomic E-state index is 11.8. The molecule has 76 valence electrons. The lowest BCUT2D eigenvalue weighted by Crippen LogP contribution is -2.27. The average Bonchev–Trinajstić information content (AvgIpc) is 1.82. The van der Waals surface area contributed by atoms with Crippen LogP contribution in [0.25, 0.3) is 0 Å². The highest BCUT2D eigenvalue weighted by Gasteiger charge is 2.37. The fraction of sp³-hybridized carbons (Fsp3) is 0.778. The van der Waals surface area contributed by atoms with Crippen molar-refractivity contribution in [1.29, 1.82) is 0 Å². The average molecular weight is 194 g/mol. The molecule has 0 aromatic rings. The zero-order valence-corrected chi connectivity index (χ0v) is 7.87. The van der Waals surface area contributed by atoms with Gasteiger partial charge in [0.05, 0.1) is 0 Å². The van der Waals surface area contributed by atoms with E-state index in [4.69, 9.17) is 5.11 Å². The minimum atomic E-state index is -4.56. The number of hydrogen-bond acceptors (Lipinski definition) is 1. The molecule has 13 heavy (non-hydrogen) atoms. The number of aliphatic hydroxyl groups excluding tert-OH is 1. The third kappa shape index (κ3) is 6.47. The van der Waals surface area contributed by atoms with Crippen LogP contribution in [0.2, 0.25) is 0 Å². The van der Waals surface area contributed by atoms with E-state index >= 15 is 0 Å². The van der Waals surface area contributed by atoms with Crippen LogP contribution in [-0.4, -0.2) is 17.4 Å². The van der Waals surface area contributed by atoms with Gasteiger partial charge in [-0.15, -0.1) is 0 Å². The van der Waals surface area contributed by atoms with Crippen LogP contribution in [0.4, 0.5) is 13.2 Å². The Kier molecular flexibility index (Phi) is 3.80. The lowest BCUT2D eigenvalue weighted by molar-refractivity contribution is -0.201. The summed E-state index contributed by atoms with van der Waals surface area (Å²) in [6.45, 7) is 5.37. The zero-order valence-electron chi connectivity index (χ0n) is 7.87. The molecule has 0 aliphatic heterocycles. The molecule has 0 aliphatic rings. The third-order valence-corrected chi connectivity index (χ3v) is 1.14. The normalized spacial score (nSPS) is 14.7. The first-order chi connectivity index (χ1) is 5.63. The molecule has 0 aliphatic carbocycles. The Morgan fingerprint density at radius 1 is 1.23 bits per heavy atom. The van der Waals surface area contributed by atoms with Crippen molar-refractivity contribution >= 4 is 0 Å². The number of alkyl halides is 3. The van der Waals surface area contributed by atoms with Crippen molar-refractivity contribution in [3.8, 4) is 11.8 Å². The molecule has 0 unspecified atom stereocenters. The summed E-state index contributed by atoms with van der Waals surface area (Å²) in [6, 6.07) is 0. The number of aliphatic hydroxyl groups is 1. The lowest BCUT2D eigenvalue weighted by Gasteiger charge is -2.11. The van der Waals surface area contributed by atoms with E-state index in [9.17, 15) is 13.2 Å². The standard InChI is InChI=1S/C9H13F3O/c1-8(2,3)6-4-5-7(13)9(10,11)12/h7,13H,5H2,1-3H3/t7-/m1/s1. The van der Waals surface area contributed by atoms with Gasteiger partial charge in [0.25, 0.3) is 0 Å². The van der Waals surface area contributed by atoms with Crippen LogP contribution in [0.1, 0.15) is 27.2 Å². The van der Waals surface area contributed by atoms with Gasteiger partial charge in [-0.05, 0) is 20.8 Å². The maximum atomic E-state index is 11.8. The summed E-state index contributed by atoms with van der Waals surface area (Å²) in [6.07, 6.45) is -7.45. The predicted octanol–water partition coefficient (Wildman–Crippen LogP) is 2.35. The minimum Gasteiger partial charge on any atom is -0.383 e. The zero-order chi connectivity index (χ0) is 10.7. The third-order valence-electron chi connectivity index (χ3n) is 1.14. The molecule has 0 bridgehead atoms. The van der Waals surface area contributed by atoms with Crippen LogP contribution in [-0.2, 0) is 0 Å². The van der Waals surface area contributed by atoms with Gasteiger partial charge in [-0.25, -0.2) is 0 Å². The molecule has 4 heteroatoms. The highest BCUT2D eigenvalue weighted by molar-refractivity contribution is 5.08. The molecule has 1 nitrogen and oxygen atoms in total. The van der Waals surface area contributed by atoms with E-state index in [1.165, 1.54) is 0 Å². The summed E-state index contributed by atoms with van der Waals surface area (Å²) in [5.74, 6) is 4.93. The second kappa shape index (κ2) is 4.01. The van der Waals surface area contributed by atoms with E-state index in [-0.39, 0.29) is 5.41 Å². The fourth-order valence-corrected chi connectivity index (χ4v) is 0.529. The molecule has 0 saturated heterocycles. The number of rotatable bonds is 1. The van der Waals surface area contributed by atoms with Crippen molar-refractivity contribution < 1.29 is 18.3 Å². The second-order valence-corrected chi connectivity index (χ2v) is 3.81. The molecule has 0 fully saturated rings. The Balaban J connectivity index is 4.09. The Hall–Kier alpha value is -0.690. The first kappa shape index (κ1) is 12.3. The summed E-state index contributed by atoms with van der Waals surface area (Å²) < 4.78 is 35.3. The van der Waals surface area contributed by atoms with Crippen molar-refractivity contribution in [3.05, 3.63) is 0 Å². The topological polar surface area (TPSA) is 20.2 Å². The molecular formula is C9H13F3O. The molecule has 0 heterocycles. The van der Waals surface area contributed by atoms with Gasteiger partial charge in [0, 0.05) is 11.8 Å². The van der Waals surface area contributed by atoms with E-state index in [2.05, 4.69) is 11.8 Å². The van der Waals surface area contributed by atoms with Gasteiger partial charge >= 0.3 is 6.18 Å². The Morgan fingerprint density at radius 2 is 1.69 bits per heavy atom. The van der Waals surface area contributed by atoms with Crippen LogP contribution in [0, 0.1) is 17.3 Å². The summed E-state index contributed by atoms with van der Waals surface area (Å²) >= 11 is 0. The van der Waals surface area contributed by atoms with Gasteiger partial charge in [-0.2, -0.15) is 13.2 Å². The molecule has 0 aromatic heterocycles. The molecule has 0 spiro atoms. The Bertz CT molecular complexity index is 214. The van der Waals surface area contributed by atoms with Crippen LogP contribution in [0.3, 0.4) is 0 Å². The molecule has 0 rings (SSSR count). The van der Waals surface area contributed by atoms with Gasteiger partial charge in [-0.3, -0.25) is 0 Å². The maximum Gasteiger partial charge on any atom is 0.415 e. The Morgan fingerprint density at radius 3 is 2.00 bits per heavy atom. The van der Waals surface area contributed by atoms with E-state index < -0.39 is 18.7 Å². The summed E-state index contributed by atoms with van der Waals surface area (Å²) in [5.41, 5.74) is -0.328. The first-order valence-corrected chi connectivity index (χ1v) is 3.88. The van der Waals surface area contributed by atoms with Crippen LogP contribution < -0.4 is 0 Å². The monoisotopic (exact) mass is 194 g/mol. The summed E-state index contributed by atoms with van der Waals surface area (Å²) in [4.78, 5) is 0. The van der Waals surface area contributed by atoms with Gasteiger partial charge in [-0.1, -0.05) is 11.8 Å². The van der Waals surface area contributed by atoms with E-state index in [0.29, 0.717) is 0 Å². The Labute approximate surface area is 75.9 Å². The summed E-state index contributed by atoms with van der Waals surface area (Å²) in [5, 5.41) is 8.56. The quantitative estimate of drug-likeness (QED) is 0.635. The van der Waals surface area contributed by atoms with Crippen molar-refractivity contribution in [1.82, 2.24) is 0 Å². The molecule has 1 atom stereocenters. The lowest BCUT2D eigenvalue weighted by atomic mass is 9.97. The van der Waals surface area contributed by atoms with Crippen LogP contribution in [0.5, 0.6) is 0 Å². The molecule has 0 radical (unpaired) electrons. The van der Waals surface area contributed by atoms with Gasteiger partial charge in [0.1, 0.15) is 0 Å².